The standard InChI is InChI=1S/C14H16N4/c1-9-4-3-6-16-13(9)14-17-10(2)11-5-7-15-8-12(11)18-14/h3-4,6,15H,5,7-8H2,1-2H3. The average molecular weight is 240 g/mol. The fourth-order valence-electron chi connectivity index (χ4n) is 2.37. The molecule has 0 bridgehead atoms. The highest BCUT2D eigenvalue weighted by atomic mass is 15.0. The first kappa shape index (κ1) is 11.3. The normalized spacial score (nSPS) is 14.3. The number of aromatic nitrogens is 3. The highest BCUT2D eigenvalue weighted by Gasteiger charge is 2.16. The van der Waals surface area contributed by atoms with Gasteiger partial charge in [-0.3, -0.25) is 4.98 Å². The second-order valence-corrected chi connectivity index (χ2v) is 4.65. The Bertz CT molecular complexity index is 592. The van der Waals surface area contributed by atoms with Gasteiger partial charge < -0.3 is 5.32 Å². The molecular formula is C14H16N4. The van der Waals surface area contributed by atoms with Crippen LogP contribution in [-0.4, -0.2) is 21.5 Å². The number of fused-ring (bicyclic) bond motifs is 1. The average Bonchev–Trinajstić information content (AvgIpc) is 2.39. The second kappa shape index (κ2) is 4.46. The maximum Gasteiger partial charge on any atom is 0.178 e. The molecule has 0 saturated heterocycles. The molecule has 92 valence electrons. The lowest BCUT2D eigenvalue weighted by Gasteiger charge is -2.18. The van der Waals surface area contributed by atoms with Crippen LogP contribution < -0.4 is 5.32 Å². The van der Waals surface area contributed by atoms with Gasteiger partial charge in [-0.2, -0.15) is 0 Å². The van der Waals surface area contributed by atoms with Crippen molar-refractivity contribution in [1.82, 2.24) is 20.3 Å². The van der Waals surface area contributed by atoms with Gasteiger partial charge in [-0.1, -0.05) is 6.07 Å². The molecule has 0 aliphatic carbocycles. The Hall–Kier alpha value is -1.81. The van der Waals surface area contributed by atoms with E-state index < -0.39 is 0 Å². The molecule has 18 heavy (non-hydrogen) atoms. The number of nitrogens with zero attached hydrogens (tertiary/aromatic N) is 3. The van der Waals surface area contributed by atoms with Gasteiger partial charge in [-0.25, -0.2) is 9.97 Å². The van der Waals surface area contributed by atoms with E-state index >= 15 is 0 Å². The van der Waals surface area contributed by atoms with Crippen molar-refractivity contribution in [1.29, 1.82) is 0 Å². The molecule has 2 aromatic rings. The molecule has 3 heterocycles. The van der Waals surface area contributed by atoms with Gasteiger partial charge >= 0.3 is 0 Å². The second-order valence-electron chi connectivity index (χ2n) is 4.65. The summed E-state index contributed by atoms with van der Waals surface area (Å²) in [7, 11) is 0. The number of hydrogen-bond donors (Lipinski definition) is 1. The van der Waals surface area contributed by atoms with Crippen molar-refractivity contribution in [2.24, 2.45) is 0 Å². The van der Waals surface area contributed by atoms with E-state index in [1.54, 1.807) is 6.20 Å². The monoisotopic (exact) mass is 240 g/mol. The Morgan fingerprint density at radius 3 is 2.94 bits per heavy atom. The smallest absolute Gasteiger partial charge is 0.178 e. The zero-order valence-corrected chi connectivity index (χ0v) is 10.7. The van der Waals surface area contributed by atoms with Crippen LogP contribution in [0.3, 0.4) is 0 Å². The molecule has 4 heteroatoms. The van der Waals surface area contributed by atoms with Crippen molar-refractivity contribution in [3.05, 3.63) is 40.8 Å². The third-order valence-electron chi connectivity index (χ3n) is 3.37. The summed E-state index contributed by atoms with van der Waals surface area (Å²) >= 11 is 0. The minimum absolute atomic E-state index is 0.744. The molecule has 0 unspecified atom stereocenters. The van der Waals surface area contributed by atoms with Crippen LogP contribution in [0, 0.1) is 13.8 Å². The minimum Gasteiger partial charge on any atom is -0.311 e. The molecule has 1 N–H and O–H groups in total. The molecule has 0 radical (unpaired) electrons. The lowest BCUT2D eigenvalue weighted by Crippen LogP contribution is -2.26. The van der Waals surface area contributed by atoms with E-state index in [2.05, 4.69) is 27.2 Å². The molecule has 0 saturated carbocycles. The van der Waals surface area contributed by atoms with Crippen LogP contribution in [0.4, 0.5) is 0 Å². The fourth-order valence-corrected chi connectivity index (χ4v) is 2.37. The maximum absolute atomic E-state index is 4.67. The Kier molecular flexibility index (Phi) is 2.80. The summed E-state index contributed by atoms with van der Waals surface area (Å²) in [6, 6.07) is 3.98. The Balaban J connectivity index is 2.14. The highest BCUT2D eigenvalue weighted by molar-refractivity contribution is 5.55. The summed E-state index contributed by atoms with van der Waals surface area (Å²) in [5, 5.41) is 3.35. The van der Waals surface area contributed by atoms with Crippen LogP contribution in [0.25, 0.3) is 11.5 Å². The van der Waals surface area contributed by atoms with Crippen molar-refractivity contribution in [2.45, 2.75) is 26.8 Å². The van der Waals surface area contributed by atoms with Crippen molar-refractivity contribution < 1.29 is 0 Å². The van der Waals surface area contributed by atoms with E-state index in [9.17, 15) is 0 Å². The van der Waals surface area contributed by atoms with Gasteiger partial charge in [0.1, 0.15) is 5.69 Å². The quantitative estimate of drug-likeness (QED) is 0.825. The fraction of sp³-hybridized carbons (Fsp3) is 0.357. The SMILES string of the molecule is Cc1cccnc1-c1nc(C)c2c(n1)CNCC2. The van der Waals surface area contributed by atoms with Gasteiger partial charge in [0.05, 0.1) is 5.69 Å². The van der Waals surface area contributed by atoms with E-state index in [4.69, 9.17) is 0 Å². The molecule has 0 amide bonds. The largest absolute Gasteiger partial charge is 0.311 e. The molecule has 0 aromatic carbocycles. The minimum atomic E-state index is 0.744. The number of hydrogen-bond acceptors (Lipinski definition) is 4. The first-order valence-electron chi connectivity index (χ1n) is 6.25. The summed E-state index contributed by atoms with van der Waals surface area (Å²) in [4.78, 5) is 13.7. The van der Waals surface area contributed by atoms with Crippen molar-refractivity contribution in [3.63, 3.8) is 0 Å². The summed E-state index contributed by atoms with van der Waals surface area (Å²) in [6.45, 7) is 5.95. The predicted octanol–water partition coefficient (Wildman–Crippen LogP) is 1.80. The topological polar surface area (TPSA) is 50.7 Å². The molecule has 0 atom stereocenters. The molecule has 0 spiro atoms. The number of rotatable bonds is 1. The number of nitrogens with one attached hydrogen (secondary N) is 1. The van der Waals surface area contributed by atoms with Crippen molar-refractivity contribution >= 4 is 0 Å². The Labute approximate surface area is 107 Å². The first-order chi connectivity index (χ1) is 8.75. The third kappa shape index (κ3) is 1.88. The predicted molar refractivity (Wildman–Crippen MR) is 70.1 cm³/mol. The molecule has 1 aliphatic rings. The molecule has 4 nitrogen and oxygen atoms in total. The zero-order valence-electron chi connectivity index (χ0n) is 10.7. The number of aryl methyl sites for hydroxylation is 2. The zero-order chi connectivity index (χ0) is 12.5. The first-order valence-corrected chi connectivity index (χ1v) is 6.25. The summed E-state index contributed by atoms with van der Waals surface area (Å²) in [6.07, 6.45) is 2.81. The van der Waals surface area contributed by atoms with Crippen LogP contribution in [-0.2, 0) is 13.0 Å². The summed E-state index contributed by atoms with van der Waals surface area (Å²) < 4.78 is 0. The Morgan fingerprint density at radius 1 is 1.22 bits per heavy atom. The van der Waals surface area contributed by atoms with Crippen molar-refractivity contribution in [3.8, 4) is 11.5 Å². The lowest BCUT2D eigenvalue weighted by atomic mass is 10.0. The van der Waals surface area contributed by atoms with E-state index in [0.29, 0.717) is 0 Å². The summed E-state index contributed by atoms with van der Waals surface area (Å²) in [5.41, 5.74) is 5.50. The molecular weight excluding hydrogens is 224 g/mol. The van der Waals surface area contributed by atoms with Crippen LogP contribution in [0.15, 0.2) is 18.3 Å². The van der Waals surface area contributed by atoms with Gasteiger partial charge in [0.25, 0.3) is 0 Å². The van der Waals surface area contributed by atoms with E-state index in [1.807, 2.05) is 19.1 Å². The van der Waals surface area contributed by atoms with Gasteiger partial charge in [0.2, 0.25) is 0 Å². The van der Waals surface area contributed by atoms with Crippen LogP contribution in [0.1, 0.15) is 22.5 Å². The van der Waals surface area contributed by atoms with Gasteiger partial charge in [0, 0.05) is 18.4 Å². The third-order valence-corrected chi connectivity index (χ3v) is 3.37. The van der Waals surface area contributed by atoms with E-state index in [1.165, 1.54) is 5.56 Å². The van der Waals surface area contributed by atoms with E-state index in [0.717, 1.165) is 48.0 Å². The van der Waals surface area contributed by atoms with Crippen LogP contribution in [0.2, 0.25) is 0 Å². The molecule has 3 rings (SSSR count). The number of pyridine rings is 1. The Morgan fingerprint density at radius 2 is 2.11 bits per heavy atom. The molecule has 1 aliphatic heterocycles. The van der Waals surface area contributed by atoms with E-state index in [-0.39, 0.29) is 0 Å². The van der Waals surface area contributed by atoms with Crippen molar-refractivity contribution in [2.75, 3.05) is 6.54 Å². The highest BCUT2D eigenvalue weighted by Crippen LogP contribution is 2.21. The van der Waals surface area contributed by atoms with Crippen LogP contribution >= 0.6 is 0 Å². The lowest BCUT2D eigenvalue weighted by molar-refractivity contribution is 0.619. The molecule has 0 fully saturated rings. The van der Waals surface area contributed by atoms with Gasteiger partial charge in [-0.05, 0) is 44.0 Å². The molecule has 2 aromatic heterocycles. The van der Waals surface area contributed by atoms with Crippen LogP contribution in [0.5, 0.6) is 0 Å². The summed E-state index contributed by atoms with van der Waals surface area (Å²) in [5.74, 6) is 0.744. The van der Waals surface area contributed by atoms with Gasteiger partial charge in [0.15, 0.2) is 5.82 Å². The maximum atomic E-state index is 4.67. The van der Waals surface area contributed by atoms with Gasteiger partial charge in [-0.15, -0.1) is 0 Å².